The van der Waals surface area contributed by atoms with E-state index in [1.165, 1.54) is 0 Å². The highest BCUT2D eigenvalue weighted by Crippen LogP contribution is 2.28. The molecule has 0 saturated carbocycles. The quantitative estimate of drug-likeness (QED) is 0.857. The van der Waals surface area contributed by atoms with Crippen molar-refractivity contribution in [2.24, 2.45) is 0 Å². The van der Waals surface area contributed by atoms with Crippen LogP contribution in [0.15, 0.2) is 4.52 Å². The average Bonchev–Trinajstić information content (AvgIpc) is 2.78. The molecular weight excluding hydrogens is 268 g/mol. The third-order valence-corrected chi connectivity index (χ3v) is 4.29. The fourth-order valence-electron chi connectivity index (χ4n) is 3.27. The molecule has 1 aromatic heterocycles. The number of aromatic nitrogens is 1. The Kier molecular flexibility index (Phi) is 5.04. The standard InChI is InChI=1S/C16H26N2O3/c1-10(2)18(14-6-8-20-9-7-14)16(19)11(3)15-12(4)17-21-13(15)5/h10-11,14H,6-9H2,1-5H3. The minimum absolute atomic E-state index is 0.159. The molecule has 1 aliphatic heterocycles. The third kappa shape index (κ3) is 3.28. The van der Waals surface area contributed by atoms with Crippen molar-refractivity contribution >= 4 is 5.91 Å². The Labute approximate surface area is 126 Å². The number of aryl methyl sites for hydroxylation is 2. The highest BCUT2D eigenvalue weighted by molar-refractivity contribution is 5.84. The van der Waals surface area contributed by atoms with Gasteiger partial charge in [-0.3, -0.25) is 4.79 Å². The molecule has 1 aromatic rings. The first-order valence-electron chi connectivity index (χ1n) is 7.76. The molecule has 2 rings (SSSR count). The molecule has 1 amide bonds. The van der Waals surface area contributed by atoms with Crippen LogP contribution in [0.2, 0.25) is 0 Å². The highest BCUT2D eigenvalue weighted by atomic mass is 16.5. The second kappa shape index (κ2) is 6.60. The van der Waals surface area contributed by atoms with Crippen molar-refractivity contribution in [3.63, 3.8) is 0 Å². The van der Waals surface area contributed by atoms with Gasteiger partial charge in [0.25, 0.3) is 0 Å². The molecule has 1 saturated heterocycles. The number of rotatable bonds is 4. The zero-order valence-corrected chi connectivity index (χ0v) is 13.7. The molecule has 0 aromatic carbocycles. The Hall–Kier alpha value is -1.36. The van der Waals surface area contributed by atoms with Crippen LogP contribution in [0, 0.1) is 13.8 Å². The van der Waals surface area contributed by atoms with Crippen molar-refractivity contribution in [2.45, 2.75) is 65.5 Å². The topological polar surface area (TPSA) is 55.6 Å². The molecule has 21 heavy (non-hydrogen) atoms. The van der Waals surface area contributed by atoms with Gasteiger partial charge in [0.05, 0.1) is 11.6 Å². The van der Waals surface area contributed by atoms with E-state index in [2.05, 4.69) is 19.0 Å². The van der Waals surface area contributed by atoms with E-state index in [0.717, 1.165) is 43.1 Å². The first-order chi connectivity index (χ1) is 9.93. The largest absolute Gasteiger partial charge is 0.381 e. The number of nitrogens with zero attached hydrogens (tertiary/aromatic N) is 2. The number of ether oxygens (including phenoxy) is 1. The predicted octanol–water partition coefficient (Wildman–Crippen LogP) is 2.81. The van der Waals surface area contributed by atoms with Crippen LogP contribution in [-0.4, -0.2) is 41.3 Å². The normalized spacial score (nSPS) is 18.0. The van der Waals surface area contributed by atoms with Gasteiger partial charge in [-0.2, -0.15) is 0 Å². The van der Waals surface area contributed by atoms with E-state index in [-0.39, 0.29) is 23.9 Å². The Morgan fingerprint density at radius 2 is 1.86 bits per heavy atom. The third-order valence-electron chi connectivity index (χ3n) is 4.29. The van der Waals surface area contributed by atoms with E-state index in [4.69, 9.17) is 9.26 Å². The molecule has 0 aliphatic carbocycles. The molecule has 0 bridgehead atoms. The summed E-state index contributed by atoms with van der Waals surface area (Å²) in [6, 6.07) is 0.456. The van der Waals surface area contributed by atoms with Gasteiger partial charge in [0.1, 0.15) is 5.76 Å². The van der Waals surface area contributed by atoms with Gasteiger partial charge < -0.3 is 14.2 Å². The summed E-state index contributed by atoms with van der Waals surface area (Å²) >= 11 is 0. The molecule has 1 atom stereocenters. The molecule has 0 radical (unpaired) electrons. The van der Waals surface area contributed by atoms with Gasteiger partial charge in [-0.1, -0.05) is 5.16 Å². The maximum Gasteiger partial charge on any atom is 0.230 e. The lowest BCUT2D eigenvalue weighted by Gasteiger charge is -2.38. The second-order valence-corrected chi connectivity index (χ2v) is 6.14. The van der Waals surface area contributed by atoms with Crippen molar-refractivity contribution in [1.29, 1.82) is 0 Å². The van der Waals surface area contributed by atoms with Crippen molar-refractivity contribution < 1.29 is 14.1 Å². The zero-order valence-electron chi connectivity index (χ0n) is 13.7. The summed E-state index contributed by atoms with van der Waals surface area (Å²) in [4.78, 5) is 15.0. The summed E-state index contributed by atoms with van der Waals surface area (Å²) in [5.41, 5.74) is 1.74. The maximum atomic E-state index is 13.0. The van der Waals surface area contributed by atoms with Gasteiger partial charge in [-0.15, -0.1) is 0 Å². The van der Waals surface area contributed by atoms with Crippen molar-refractivity contribution in [3.8, 4) is 0 Å². The summed E-state index contributed by atoms with van der Waals surface area (Å²) < 4.78 is 10.6. The maximum absolute atomic E-state index is 13.0. The van der Waals surface area contributed by atoms with E-state index in [1.54, 1.807) is 0 Å². The van der Waals surface area contributed by atoms with Crippen LogP contribution in [0.5, 0.6) is 0 Å². The van der Waals surface area contributed by atoms with E-state index >= 15 is 0 Å². The Morgan fingerprint density at radius 3 is 2.33 bits per heavy atom. The molecule has 118 valence electrons. The SMILES string of the molecule is Cc1noc(C)c1C(C)C(=O)N(C(C)C)C1CCOCC1. The van der Waals surface area contributed by atoms with Crippen molar-refractivity contribution in [1.82, 2.24) is 10.1 Å². The minimum atomic E-state index is -0.221. The average molecular weight is 294 g/mol. The van der Waals surface area contributed by atoms with Crippen molar-refractivity contribution in [3.05, 3.63) is 17.0 Å². The molecule has 5 heteroatoms. The van der Waals surface area contributed by atoms with Gasteiger partial charge in [-0.05, 0) is 47.5 Å². The van der Waals surface area contributed by atoms with Crippen LogP contribution >= 0.6 is 0 Å². The lowest BCUT2D eigenvalue weighted by Crippen LogP contribution is -2.48. The number of carbonyl (C=O) groups is 1. The fraction of sp³-hybridized carbons (Fsp3) is 0.750. The molecule has 0 spiro atoms. The Morgan fingerprint density at radius 1 is 1.24 bits per heavy atom. The van der Waals surface area contributed by atoms with Crippen LogP contribution < -0.4 is 0 Å². The van der Waals surface area contributed by atoms with E-state index in [0.29, 0.717) is 0 Å². The summed E-state index contributed by atoms with van der Waals surface area (Å²) in [6.45, 7) is 11.3. The minimum Gasteiger partial charge on any atom is -0.381 e. The number of amides is 1. The Bertz CT molecular complexity index is 470. The fourth-order valence-corrected chi connectivity index (χ4v) is 3.27. The van der Waals surface area contributed by atoms with Crippen LogP contribution in [-0.2, 0) is 9.53 Å². The van der Waals surface area contributed by atoms with Gasteiger partial charge in [0.15, 0.2) is 0 Å². The first-order valence-corrected chi connectivity index (χ1v) is 7.76. The predicted molar refractivity (Wildman–Crippen MR) is 80.2 cm³/mol. The monoisotopic (exact) mass is 294 g/mol. The van der Waals surface area contributed by atoms with Crippen molar-refractivity contribution in [2.75, 3.05) is 13.2 Å². The summed E-state index contributed by atoms with van der Waals surface area (Å²) in [7, 11) is 0. The first kappa shape index (κ1) is 16.0. The zero-order chi connectivity index (χ0) is 15.6. The summed E-state index contributed by atoms with van der Waals surface area (Å²) in [5.74, 6) is 0.678. The van der Waals surface area contributed by atoms with E-state index < -0.39 is 0 Å². The number of carbonyl (C=O) groups excluding carboxylic acids is 1. The molecule has 1 fully saturated rings. The van der Waals surface area contributed by atoms with Gasteiger partial charge in [0, 0.05) is 30.9 Å². The lowest BCUT2D eigenvalue weighted by atomic mass is 9.95. The second-order valence-electron chi connectivity index (χ2n) is 6.14. The highest BCUT2D eigenvalue weighted by Gasteiger charge is 2.33. The number of hydrogen-bond donors (Lipinski definition) is 0. The molecular formula is C16H26N2O3. The van der Waals surface area contributed by atoms with Gasteiger partial charge >= 0.3 is 0 Å². The summed E-state index contributed by atoms with van der Waals surface area (Å²) in [6.07, 6.45) is 1.83. The molecule has 5 nitrogen and oxygen atoms in total. The van der Waals surface area contributed by atoms with Crippen LogP contribution in [0.1, 0.15) is 56.5 Å². The lowest BCUT2D eigenvalue weighted by molar-refractivity contribution is -0.139. The smallest absolute Gasteiger partial charge is 0.230 e. The molecule has 1 unspecified atom stereocenters. The molecule has 1 aliphatic rings. The van der Waals surface area contributed by atoms with E-state index in [1.807, 2.05) is 25.7 Å². The van der Waals surface area contributed by atoms with Gasteiger partial charge in [0.2, 0.25) is 5.91 Å². The van der Waals surface area contributed by atoms with Crippen LogP contribution in [0.3, 0.4) is 0 Å². The Balaban J connectivity index is 2.22. The van der Waals surface area contributed by atoms with Crippen LogP contribution in [0.25, 0.3) is 0 Å². The van der Waals surface area contributed by atoms with E-state index in [9.17, 15) is 4.79 Å². The van der Waals surface area contributed by atoms with Crippen LogP contribution in [0.4, 0.5) is 0 Å². The summed E-state index contributed by atoms with van der Waals surface area (Å²) in [5, 5.41) is 3.97. The van der Waals surface area contributed by atoms with Gasteiger partial charge in [-0.25, -0.2) is 0 Å². The molecule has 0 N–H and O–H groups in total. The molecule has 2 heterocycles. The number of hydrogen-bond acceptors (Lipinski definition) is 4.